The third-order valence-corrected chi connectivity index (χ3v) is 2.59. The van der Waals surface area contributed by atoms with E-state index >= 15 is 0 Å². The van der Waals surface area contributed by atoms with Crippen molar-refractivity contribution in [2.75, 3.05) is 0 Å². The molecule has 0 fully saturated rings. The van der Waals surface area contributed by atoms with Crippen LogP contribution >= 0.6 is 0 Å². The number of carbonyl (C=O) groups is 2. The van der Waals surface area contributed by atoms with Crippen LogP contribution in [0, 0.1) is 0 Å². The average Bonchev–Trinajstić information content (AvgIpc) is 2.28. The number of benzene rings is 2. The van der Waals surface area contributed by atoms with Gasteiger partial charge in [-0.05, 0) is 0 Å². The maximum atomic E-state index is 11.1. The molecule has 0 spiro atoms. The molecule has 0 atom stereocenters. The van der Waals surface area contributed by atoms with E-state index in [-0.39, 0.29) is 10.8 Å². The summed E-state index contributed by atoms with van der Waals surface area (Å²) in [5.74, 6) is -4.67. The molecule has 2 aromatic rings. The summed E-state index contributed by atoms with van der Waals surface area (Å²) in [5.41, 5.74) is -1.35. The van der Waals surface area contributed by atoms with Crippen LogP contribution in [-0.2, 0) is 0 Å². The molecule has 0 saturated carbocycles. The summed E-state index contributed by atoms with van der Waals surface area (Å²) in [7, 11) is 0. The maximum absolute atomic E-state index is 11.1. The topological polar surface area (TPSA) is 115 Å². The number of carboxylic acids is 2. The minimum atomic E-state index is -1.60. The number of hydrogen-bond donors (Lipinski definition) is 4. The maximum Gasteiger partial charge on any atom is 0.343 e. The van der Waals surface area contributed by atoms with Crippen LogP contribution in [0.1, 0.15) is 20.7 Å². The number of fused-ring (bicyclic) bond motifs is 1. The van der Waals surface area contributed by atoms with Gasteiger partial charge in [-0.2, -0.15) is 0 Å². The van der Waals surface area contributed by atoms with Gasteiger partial charge in [0.15, 0.2) is 0 Å². The second kappa shape index (κ2) is 3.92. The lowest BCUT2D eigenvalue weighted by molar-refractivity contribution is 0.0690. The van der Waals surface area contributed by atoms with Crippen LogP contribution < -0.4 is 0 Å². The molecule has 6 heteroatoms. The molecule has 92 valence electrons. The fourth-order valence-corrected chi connectivity index (χ4v) is 1.83. The summed E-state index contributed by atoms with van der Waals surface area (Å²) < 4.78 is 0. The Balaban J connectivity index is 3.06. The molecule has 4 N–H and O–H groups in total. The van der Waals surface area contributed by atoms with Crippen LogP contribution in [0.2, 0.25) is 0 Å². The second-order valence-corrected chi connectivity index (χ2v) is 3.60. The van der Waals surface area contributed by atoms with Crippen molar-refractivity contribution in [3.05, 3.63) is 35.4 Å². The van der Waals surface area contributed by atoms with Gasteiger partial charge in [-0.3, -0.25) is 0 Å². The Hall–Kier alpha value is -2.76. The van der Waals surface area contributed by atoms with Crippen molar-refractivity contribution in [2.24, 2.45) is 0 Å². The molecule has 0 unspecified atom stereocenters. The van der Waals surface area contributed by atoms with E-state index in [1.807, 2.05) is 0 Å². The van der Waals surface area contributed by atoms with E-state index in [0.29, 0.717) is 0 Å². The number of phenols is 2. The zero-order chi connectivity index (χ0) is 13.4. The highest BCUT2D eigenvalue weighted by Crippen LogP contribution is 2.39. The van der Waals surface area contributed by atoms with Crippen LogP contribution in [0.15, 0.2) is 24.3 Å². The first-order valence-electron chi connectivity index (χ1n) is 4.88. The van der Waals surface area contributed by atoms with Gasteiger partial charge >= 0.3 is 11.9 Å². The molecule has 0 saturated heterocycles. The van der Waals surface area contributed by atoms with Crippen molar-refractivity contribution < 1.29 is 30.0 Å². The third-order valence-electron chi connectivity index (χ3n) is 2.59. The average molecular weight is 248 g/mol. The SMILES string of the molecule is O=C(O)c1c(O)c(C(=O)O)c2ccccc2c1O. The van der Waals surface area contributed by atoms with Gasteiger partial charge in [0.1, 0.15) is 22.6 Å². The largest absolute Gasteiger partial charge is 0.506 e. The van der Waals surface area contributed by atoms with Crippen molar-refractivity contribution in [2.45, 2.75) is 0 Å². The number of rotatable bonds is 2. The Morgan fingerprint density at radius 2 is 1.28 bits per heavy atom. The summed E-state index contributed by atoms with van der Waals surface area (Å²) in [6.07, 6.45) is 0. The van der Waals surface area contributed by atoms with Crippen molar-refractivity contribution >= 4 is 22.7 Å². The van der Waals surface area contributed by atoms with Gasteiger partial charge in [0.2, 0.25) is 0 Å². The van der Waals surface area contributed by atoms with E-state index in [1.165, 1.54) is 24.3 Å². The standard InChI is InChI=1S/C12H8O6/c13-9-6-4-2-1-3-5(6)7(11(15)16)10(14)8(9)12(17)18/h1-4,13-14H,(H,15,16)(H,17,18). The highest BCUT2D eigenvalue weighted by Gasteiger charge is 2.26. The lowest BCUT2D eigenvalue weighted by Gasteiger charge is -2.11. The van der Waals surface area contributed by atoms with E-state index in [4.69, 9.17) is 10.2 Å². The lowest BCUT2D eigenvalue weighted by atomic mass is 9.98. The summed E-state index contributed by atoms with van der Waals surface area (Å²) in [5, 5.41) is 37.5. The lowest BCUT2D eigenvalue weighted by Crippen LogP contribution is -2.05. The number of aromatic carboxylic acids is 2. The highest BCUT2D eigenvalue weighted by molar-refractivity contribution is 6.13. The van der Waals surface area contributed by atoms with E-state index < -0.39 is 34.6 Å². The van der Waals surface area contributed by atoms with Gasteiger partial charge < -0.3 is 20.4 Å². The normalized spacial score (nSPS) is 10.4. The molecular weight excluding hydrogens is 240 g/mol. The molecule has 0 amide bonds. The van der Waals surface area contributed by atoms with Crippen LogP contribution in [0.5, 0.6) is 11.5 Å². The monoisotopic (exact) mass is 248 g/mol. The molecule has 6 nitrogen and oxygen atoms in total. The first kappa shape index (κ1) is 11.7. The number of hydrogen-bond acceptors (Lipinski definition) is 4. The predicted octanol–water partition coefficient (Wildman–Crippen LogP) is 1.65. The van der Waals surface area contributed by atoms with Gasteiger partial charge in [-0.25, -0.2) is 9.59 Å². The van der Waals surface area contributed by atoms with Gasteiger partial charge in [-0.15, -0.1) is 0 Å². The Labute approximate surface area is 100 Å². The summed E-state index contributed by atoms with van der Waals surface area (Å²) in [4.78, 5) is 22.0. The number of aromatic hydroxyl groups is 2. The number of carboxylic acid groups (broad SMARTS) is 2. The van der Waals surface area contributed by atoms with Crippen molar-refractivity contribution in [3.8, 4) is 11.5 Å². The third kappa shape index (κ3) is 1.51. The Morgan fingerprint density at radius 3 is 1.78 bits per heavy atom. The van der Waals surface area contributed by atoms with Crippen molar-refractivity contribution in [1.82, 2.24) is 0 Å². The van der Waals surface area contributed by atoms with Crippen LogP contribution in [0.3, 0.4) is 0 Å². The van der Waals surface area contributed by atoms with Crippen LogP contribution in [-0.4, -0.2) is 32.4 Å². The molecule has 0 aromatic heterocycles. The molecule has 0 aliphatic rings. The predicted molar refractivity (Wildman–Crippen MR) is 61.2 cm³/mol. The molecule has 0 bridgehead atoms. The Morgan fingerprint density at radius 1 is 0.778 bits per heavy atom. The van der Waals surface area contributed by atoms with Gasteiger partial charge in [0.05, 0.1) is 0 Å². The molecular formula is C12H8O6. The van der Waals surface area contributed by atoms with Crippen LogP contribution in [0.25, 0.3) is 10.8 Å². The van der Waals surface area contributed by atoms with Crippen molar-refractivity contribution in [3.63, 3.8) is 0 Å². The zero-order valence-electron chi connectivity index (χ0n) is 8.91. The smallest absolute Gasteiger partial charge is 0.343 e. The van der Waals surface area contributed by atoms with E-state index in [0.717, 1.165) is 0 Å². The van der Waals surface area contributed by atoms with Crippen molar-refractivity contribution in [1.29, 1.82) is 0 Å². The fourth-order valence-electron chi connectivity index (χ4n) is 1.83. The molecule has 0 aliphatic carbocycles. The fraction of sp³-hybridized carbons (Fsp3) is 0. The Bertz CT molecular complexity index is 674. The molecule has 2 rings (SSSR count). The van der Waals surface area contributed by atoms with Gasteiger partial charge in [-0.1, -0.05) is 24.3 Å². The molecule has 0 heterocycles. The van der Waals surface area contributed by atoms with E-state index in [2.05, 4.69) is 0 Å². The van der Waals surface area contributed by atoms with Gasteiger partial charge in [0.25, 0.3) is 0 Å². The first-order valence-corrected chi connectivity index (χ1v) is 4.88. The molecule has 0 aliphatic heterocycles. The minimum absolute atomic E-state index is 0.0603. The Kier molecular flexibility index (Phi) is 2.55. The molecule has 0 radical (unpaired) electrons. The highest BCUT2D eigenvalue weighted by atomic mass is 16.4. The van der Waals surface area contributed by atoms with E-state index in [9.17, 15) is 19.8 Å². The second-order valence-electron chi connectivity index (χ2n) is 3.60. The molecule has 18 heavy (non-hydrogen) atoms. The molecule has 2 aromatic carbocycles. The summed E-state index contributed by atoms with van der Waals surface area (Å²) >= 11 is 0. The summed E-state index contributed by atoms with van der Waals surface area (Å²) in [6.45, 7) is 0. The quantitative estimate of drug-likeness (QED) is 0.642. The minimum Gasteiger partial charge on any atom is -0.506 e. The van der Waals surface area contributed by atoms with Crippen LogP contribution in [0.4, 0.5) is 0 Å². The zero-order valence-corrected chi connectivity index (χ0v) is 8.91. The van der Waals surface area contributed by atoms with E-state index in [1.54, 1.807) is 0 Å². The van der Waals surface area contributed by atoms with Gasteiger partial charge in [0, 0.05) is 10.8 Å². The first-order chi connectivity index (χ1) is 8.45. The summed E-state index contributed by atoms with van der Waals surface area (Å²) in [6, 6.07) is 5.80.